The van der Waals surface area contributed by atoms with Crippen LogP contribution in [0.15, 0.2) is 53.8 Å². The van der Waals surface area contributed by atoms with E-state index >= 15 is 0 Å². The lowest BCUT2D eigenvalue weighted by Crippen LogP contribution is -2.36. The second-order valence-electron chi connectivity index (χ2n) is 6.69. The Morgan fingerprint density at radius 3 is 2.66 bits per heavy atom. The first-order valence-corrected chi connectivity index (χ1v) is 9.36. The largest absolute Gasteiger partial charge is 0.352 e. The van der Waals surface area contributed by atoms with E-state index in [1.807, 2.05) is 71.7 Å². The van der Waals surface area contributed by atoms with Crippen LogP contribution in [0.3, 0.4) is 0 Å². The summed E-state index contributed by atoms with van der Waals surface area (Å²) in [5.74, 6) is 2.31. The summed E-state index contributed by atoms with van der Waals surface area (Å²) in [5, 5.41) is 19.4. The van der Waals surface area contributed by atoms with Gasteiger partial charge in [-0.1, -0.05) is 12.1 Å². The number of aliphatic imine (C=N–C) groups is 1. The zero-order valence-electron chi connectivity index (χ0n) is 16.7. The third-order valence-corrected chi connectivity index (χ3v) is 4.52. The molecule has 0 aromatic carbocycles. The van der Waals surface area contributed by atoms with Crippen molar-refractivity contribution < 1.29 is 0 Å². The zero-order chi connectivity index (χ0) is 20.2. The number of nitrogens with one attached hydrogen (secondary N) is 2. The van der Waals surface area contributed by atoms with Gasteiger partial charge >= 0.3 is 0 Å². The van der Waals surface area contributed by atoms with Gasteiger partial charge in [-0.25, -0.2) is 9.67 Å². The minimum Gasteiger partial charge on any atom is -0.352 e. The summed E-state index contributed by atoms with van der Waals surface area (Å²) in [4.78, 5) is 8.79. The van der Waals surface area contributed by atoms with E-state index in [1.165, 1.54) is 0 Å². The van der Waals surface area contributed by atoms with E-state index in [-0.39, 0.29) is 0 Å². The Hall–Kier alpha value is -3.75. The maximum Gasteiger partial charge on any atom is 0.191 e. The first-order valence-electron chi connectivity index (χ1n) is 9.36. The Labute approximate surface area is 168 Å². The second kappa shape index (κ2) is 8.09. The van der Waals surface area contributed by atoms with Gasteiger partial charge < -0.3 is 10.6 Å². The molecule has 0 aliphatic heterocycles. The smallest absolute Gasteiger partial charge is 0.191 e. The van der Waals surface area contributed by atoms with Gasteiger partial charge in [0, 0.05) is 31.7 Å². The molecule has 0 unspecified atom stereocenters. The van der Waals surface area contributed by atoms with E-state index < -0.39 is 0 Å². The summed E-state index contributed by atoms with van der Waals surface area (Å²) in [7, 11) is 1.74. The fourth-order valence-electron chi connectivity index (χ4n) is 3.09. The lowest BCUT2D eigenvalue weighted by atomic mass is 10.3. The Bertz CT molecular complexity index is 1140. The van der Waals surface area contributed by atoms with Crippen molar-refractivity contribution in [3.63, 3.8) is 0 Å². The van der Waals surface area contributed by atoms with Crippen LogP contribution in [-0.4, -0.2) is 42.4 Å². The van der Waals surface area contributed by atoms with E-state index in [4.69, 9.17) is 0 Å². The quantitative estimate of drug-likeness (QED) is 0.399. The SMILES string of the molecule is CN=C(NCc1ccc(-n2nc(C)cc2C)nc1)NCc1nnc2ccccn12. The molecule has 0 atom stereocenters. The van der Waals surface area contributed by atoms with Crippen molar-refractivity contribution in [1.29, 1.82) is 0 Å². The normalized spacial score (nSPS) is 11.8. The third kappa shape index (κ3) is 4.08. The number of nitrogens with zero attached hydrogens (tertiary/aromatic N) is 7. The summed E-state index contributed by atoms with van der Waals surface area (Å²) in [5.41, 5.74) is 3.91. The van der Waals surface area contributed by atoms with Crippen LogP contribution in [0.2, 0.25) is 0 Å². The maximum absolute atomic E-state index is 4.53. The molecule has 0 aliphatic carbocycles. The average Bonchev–Trinajstić information content (AvgIpc) is 3.31. The van der Waals surface area contributed by atoms with Crippen LogP contribution in [-0.2, 0) is 13.1 Å². The first kappa shape index (κ1) is 18.6. The van der Waals surface area contributed by atoms with Gasteiger partial charge in [0.1, 0.15) is 0 Å². The molecular weight excluding hydrogens is 366 g/mol. The number of aromatic nitrogens is 6. The molecule has 0 saturated heterocycles. The molecule has 29 heavy (non-hydrogen) atoms. The molecule has 4 heterocycles. The highest BCUT2D eigenvalue weighted by atomic mass is 15.3. The lowest BCUT2D eigenvalue weighted by molar-refractivity contribution is 0.759. The van der Waals surface area contributed by atoms with Gasteiger partial charge in [0.15, 0.2) is 23.2 Å². The summed E-state index contributed by atoms with van der Waals surface area (Å²) >= 11 is 0. The molecule has 9 nitrogen and oxygen atoms in total. The van der Waals surface area contributed by atoms with Crippen LogP contribution >= 0.6 is 0 Å². The van der Waals surface area contributed by atoms with Crippen molar-refractivity contribution in [2.24, 2.45) is 4.99 Å². The summed E-state index contributed by atoms with van der Waals surface area (Å²) in [6.45, 7) is 5.11. The van der Waals surface area contributed by atoms with Gasteiger partial charge in [-0.3, -0.25) is 9.39 Å². The van der Waals surface area contributed by atoms with Gasteiger partial charge in [0.2, 0.25) is 0 Å². The molecule has 0 spiro atoms. The minimum absolute atomic E-state index is 0.514. The lowest BCUT2D eigenvalue weighted by Gasteiger charge is -2.11. The molecule has 148 valence electrons. The van der Waals surface area contributed by atoms with E-state index in [9.17, 15) is 0 Å². The predicted octanol–water partition coefficient (Wildman–Crippen LogP) is 1.79. The minimum atomic E-state index is 0.514. The van der Waals surface area contributed by atoms with Crippen LogP contribution < -0.4 is 10.6 Å². The van der Waals surface area contributed by atoms with E-state index in [0.29, 0.717) is 19.0 Å². The molecule has 4 aromatic heterocycles. The molecule has 0 amide bonds. The molecule has 0 saturated carbocycles. The topological polar surface area (TPSA) is 97.3 Å². The van der Waals surface area contributed by atoms with Crippen LogP contribution in [0.4, 0.5) is 0 Å². The van der Waals surface area contributed by atoms with E-state index in [2.05, 4.69) is 35.9 Å². The number of hydrogen-bond acceptors (Lipinski definition) is 5. The molecule has 4 rings (SSSR count). The maximum atomic E-state index is 4.53. The fraction of sp³-hybridized carbons (Fsp3) is 0.250. The molecule has 4 aromatic rings. The first-order chi connectivity index (χ1) is 14.1. The van der Waals surface area contributed by atoms with Crippen LogP contribution in [0.5, 0.6) is 0 Å². The van der Waals surface area contributed by atoms with Crippen LogP contribution in [0.1, 0.15) is 22.8 Å². The Morgan fingerprint density at radius 1 is 1.07 bits per heavy atom. The number of guanidine groups is 1. The van der Waals surface area contributed by atoms with Gasteiger partial charge in [-0.15, -0.1) is 10.2 Å². The zero-order valence-corrected chi connectivity index (χ0v) is 16.7. The van der Waals surface area contributed by atoms with Gasteiger partial charge in [0.05, 0.1) is 12.2 Å². The molecule has 0 bridgehead atoms. The molecule has 0 fully saturated rings. The number of rotatable bonds is 5. The van der Waals surface area contributed by atoms with Gasteiger partial charge in [-0.2, -0.15) is 5.10 Å². The third-order valence-electron chi connectivity index (χ3n) is 4.52. The predicted molar refractivity (Wildman–Crippen MR) is 111 cm³/mol. The standard InChI is InChI=1S/C20H23N9/c1-14-10-15(2)29(27-14)17-8-7-16(11-22-17)12-23-20(21-3)24-13-19-26-25-18-6-4-5-9-28(18)19/h4-11H,12-13H2,1-3H3,(H2,21,23,24). The van der Waals surface area contributed by atoms with Crippen LogP contribution in [0.25, 0.3) is 11.5 Å². The highest BCUT2D eigenvalue weighted by Gasteiger charge is 2.07. The van der Waals surface area contributed by atoms with Gasteiger partial charge in [-0.05, 0) is 43.7 Å². The highest BCUT2D eigenvalue weighted by Crippen LogP contribution is 2.10. The number of aryl methyl sites for hydroxylation is 2. The van der Waals surface area contributed by atoms with Crippen molar-refractivity contribution in [3.05, 3.63) is 71.6 Å². The Morgan fingerprint density at radius 2 is 1.93 bits per heavy atom. The van der Waals surface area contributed by atoms with Crippen molar-refractivity contribution in [3.8, 4) is 5.82 Å². The number of pyridine rings is 2. The molecule has 0 aliphatic rings. The number of fused-ring (bicyclic) bond motifs is 1. The fourth-order valence-corrected chi connectivity index (χ4v) is 3.09. The second-order valence-corrected chi connectivity index (χ2v) is 6.69. The summed E-state index contributed by atoms with van der Waals surface area (Å²) < 4.78 is 3.79. The molecule has 9 heteroatoms. The average molecular weight is 389 g/mol. The van der Waals surface area contributed by atoms with Crippen molar-refractivity contribution in [2.75, 3.05) is 7.05 Å². The molecular formula is C20H23N9. The van der Waals surface area contributed by atoms with Gasteiger partial charge in [0.25, 0.3) is 0 Å². The van der Waals surface area contributed by atoms with Crippen LogP contribution in [0, 0.1) is 13.8 Å². The summed E-state index contributed by atoms with van der Waals surface area (Å²) in [6, 6.07) is 11.9. The van der Waals surface area contributed by atoms with E-state index in [1.54, 1.807) is 7.05 Å². The Kier molecular flexibility index (Phi) is 5.19. The molecule has 2 N–H and O–H groups in total. The van der Waals surface area contributed by atoms with Crippen molar-refractivity contribution in [1.82, 2.24) is 40.0 Å². The van der Waals surface area contributed by atoms with Crippen molar-refractivity contribution in [2.45, 2.75) is 26.9 Å². The van der Waals surface area contributed by atoms with Crippen molar-refractivity contribution >= 4 is 11.6 Å². The van der Waals surface area contributed by atoms with E-state index in [0.717, 1.165) is 34.2 Å². The summed E-state index contributed by atoms with van der Waals surface area (Å²) in [6.07, 6.45) is 3.79. The monoisotopic (exact) mass is 389 g/mol. The number of hydrogen-bond donors (Lipinski definition) is 2. The Balaban J connectivity index is 1.35. The molecule has 0 radical (unpaired) electrons. The highest BCUT2D eigenvalue weighted by molar-refractivity contribution is 5.79.